The summed E-state index contributed by atoms with van der Waals surface area (Å²) >= 11 is 0. The van der Waals surface area contributed by atoms with E-state index in [9.17, 15) is 13.2 Å². The van der Waals surface area contributed by atoms with Gasteiger partial charge in [-0.3, -0.25) is 0 Å². The summed E-state index contributed by atoms with van der Waals surface area (Å²) in [7, 11) is -2.50. The summed E-state index contributed by atoms with van der Waals surface area (Å²) in [6.45, 7) is 0. The highest BCUT2D eigenvalue weighted by Gasteiger charge is 2.29. The Morgan fingerprint density at radius 2 is 1.58 bits per heavy atom. The fraction of sp³-hybridized carbons (Fsp3) is 0.0455. The Morgan fingerprint density at radius 3 is 2.16 bits per heavy atom. The van der Waals surface area contributed by atoms with Crippen LogP contribution >= 0.6 is 0 Å². The Balaban J connectivity index is 1.90. The van der Waals surface area contributed by atoms with E-state index in [1.165, 1.54) is 36.1 Å². The van der Waals surface area contributed by atoms with E-state index < -0.39 is 15.8 Å². The Bertz CT molecular complexity index is 1330. The summed E-state index contributed by atoms with van der Waals surface area (Å²) in [5.41, 5.74) is 1.46. The van der Waals surface area contributed by atoms with Gasteiger partial charge in [0.05, 0.1) is 23.3 Å². The monoisotopic (exact) mass is 435 g/mol. The molecular formula is C22H17N3O5S. The number of nitrogens with zero attached hydrogens (tertiary/aromatic N) is 3. The van der Waals surface area contributed by atoms with Crippen LogP contribution in [0.5, 0.6) is 5.75 Å². The normalized spacial score (nSPS) is 11.3. The van der Waals surface area contributed by atoms with Crippen molar-refractivity contribution in [3.05, 3.63) is 84.4 Å². The number of methoxy groups -OCH3 is 1. The number of sulfone groups is 1. The molecule has 0 amide bonds. The van der Waals surface area contributed by atoms with Crippen LogP contribution in [-0.2, 0) is 9.84 Å². The summed E-state index contributed by atoms with van der Waals surface area (Å²) in [5, 5.41) is 17.0. The van der Waals surface area contributed by atoms with Gasteiger partial charge in [-0.25, -0.2) is 17.9 Å². The van der Waals surface area contributed by atoms with Gasteiger partial charge in [0.25, 0.3) is 0 Å². The number of aromatic carboxylic acids is 1. The van der Waals surface area contributed by atoms with Crippen LogP contribution in [0.1, 0.15) is 10.4 Å². The number of aromatic nitrogens is 3. The van der Waals surface area contributed by atoms with Crippen molar-refractivity contribution in [1.82, 2.24) is 15.0 Å². The van der Waals surface area contributed by atoms with Crippen LogP contribution in [0.15, 0.2) is 88.8 Å². The average molecular weight is 435 g/mol. The van der Waals surface area contributed by atoms with Crippen LogP contribution in [0.3, 0.4) is 0 Å². The van der Waals surface area contributed by atoms with Crippen molar-refractivity contribution in [2.24, 2.45) is 0 Å². The zero-order valence-electron chi connectivity index (χ0n) is 16.3. The third-order valence-corrected chi connectivity index (χ3v) is 6.35. The molecule has 8 nitrogen and oxygen atoms in total. The molecule has 4 rings (SSSR count). The maximum absolute atomic E-state index is 13.4. The summed E-state index contributed by atoms with van der Waals surface area (Å²) < 4.78 is 33.2. The number of carbonyl (C=O) groups is 1. The standard InChI is InChI=1S/C22H17N3O5S/c1-30-18-11-13-19(14-12-18)31(28,29)21-20(15-5-3-2-4-6-15)25(24-23-21)17-9-7-16(8-10-17)22(26)27/h2-14H,1H3,(H,26,27). The summed E-state index contributed by atoms with van der Waals surface area (Å²) in [4.78, 5) is 11.2. The first-order chi connectivity index (χ1) is 14.9. The fourth-order valence-electron chi connectivity index (χ4n) is 3.08. The van der Waals surface area contributed by atoms with Crippen molar-refractivity contribution in [1.29, 1.82) is 0 Å². The molecule has 0 bridgehead atoms. The van der Waals surface area contributed by atoms with Crippen molar-refractivity contribution in [3.63, 3.8) is 0 Å². The smallest absolute Gasteiger partial charge is 0.335 e. The number of rotatable bonds is 6. The minimum Gasteiger partial charge on any atom is -0.497 e. The van der Waals surface area contributed by atoms with E-state index in [0.717, 1.165) is 0 Å². The minimum atomic E-state index is -4.00. The lowest BCUT2D eigenvalue weighted by Gasteiger charge is -2.10. The molecule has 3 aromatic carbocycles. The molecule has 0 aliphatic carbocycles. The van der Waals surface area contributed by atoms with Gasteiger partial charge in [0.15, 0.2) is 0 Å². The van der Waals surface area contributed by atoms with Crippen molar-refractivity contribution >= 4 is 15.8 Å². The third kappa shape index (κ3) is 3.78. The second-order valence-electron chi connectivity index (χ2n) is 6.55. The highest BCUT2D eigenvalue weighted by molar-refractivity contribution is 7.91. The van der Waals surface area contributed by atoms with Gasteiger partial charge < -0.3 is 9.84 Å². The van der Waals surface area contributed by atoms with E-state index in [0.29, 0.717) is 17.0 Å². The molecule has 0 saturated heterocycles. The molecule has 0 unspecified atom stereocenters. The van der Waals surface area contributed by atoms with E-state index in [1.54, 1.807) is 48.5 Å². The first kappa shape index (κ1) is 20.3. The number of carboxylic acids is 1. The molecular weight excluding hydrogens is 418 g/mol. The second kappa shape index (κ2) is 8.04. The van der Waals surface area contributed by atoms with Gasteiger partial charge in [-0.2, -0.15) is 0 Å². The number of hydrogen-bond donors (Lipinski definition) is 1. The van der Waals surface area contributed by atoms with Crippen LogP contribution < -0.4 is 4.74 Å². The summed E-state index contributed by atoms with van der Waals surface area (Å²) in [5.74, 6) is -0.527. The van der Waals surface area contributed by atoms with Gasteiger partial charge >= 0.3 is 5.97 Å². The molecule has 0 atom stereocenters. The number of benzene rings is 3. The van der Waals surface area contributed by atoms with Crippen LogP contribution in [0.2, 0.25) is 0 Å². The summed E-state index contributed by atoms with van der Waals surface area (Å²) in [6.07, 6.45) is 0. The molecule has 0 aliphatic rings. The van der Waals surface area contributed by atoms with Crippen molar-refractivity contribution in [2.75, 3.05) is 7.11 Å². The number of hydrogen-bond acceptors (Lipinski definition) is 6. The highest BCUT2D eigenvalue weighted by atomic mass is 32.2. The lowest BCUT2D eigenvalue weighted by molar-refractivity contribution is 0.0697. The fourth-order valence-corrected chi connectivity index (χ4v) is 4.40. The van der Waals surface area contributed by atoms with Crippen LogP contribution in [0, 0.1) is 0 Å². The first-order valence-electron chi connectivity index (χ1n) is 9.16. The van der Waals surface area contributed by atoms with E-state index in [-0.39, 0.29) is 21.2 Å². The van der Waals surface area contributed by atoms with E-state index in [2.05, 4.69) is 10.3 Å². The zero-order valence-corrected chi connectivity index (χ0v) is 17.2. The van der Waals surface area contributed by atoms with Gasteiger partial charge in [0, 0.05) is 5.56 Å². The van der Waals surface area contributed by atoms with Gasteiger partial charge in [-0.1, -0.05) is 35.5 Å². The largest absolute Gasteiger partial charge is 0.497 e. The molecule has 1 heterocycles. The lowest BCUT2D eigenvalue weighted by atomic mass is 10.1. The average Bonchev–Trinajstić information content (AvgIpc) is 3.26. The van der Waals surface area contributed by atoms with Crippen molar-refractivity contribution in [3.8, 4) is 22.7 Å². The summed E-state index contributed by atoms with van der Waals surface area (Å²) in [6, 6.07) is 20.9. The number of ether oxygens (including phenoxy) is 1. The molecule has 156 valence electrons. The molecule has 4 aromatic rings. The molecule has 9 heteroatoms. The SMILES string of the molecule is COc1ccc(S(=O)(=O)c2nnn(-c3ccc(C(=O)O)cc3)c2-c2ccccc2)cc1. The minimum absolute atomic E-state index is 0.0544. The van der Waals surface area contributed by atoms with Crippen LogP contribution in [0.4, 0.5) is 0 Å². The van der Waals surface area contributed by atoms with Crippen LogP contribution in [-0.4, -0.2) is 41.6 Å². The van der Waals surface area contributed by atoms with Crippen LogP contribution in [0.25, 0.3) is 16.9 Å². The quantitative estimate of drug-likeness (QED) is 0.493. The lowest BCUT2D eigenvalue weighted by Crippen LogP contribution is -2.06. The molecule has 0 saturated carbocycles. The van der Waals surface area contributed by atoms with Gasteiger partial charge in [0.2, 0.25) is 14.9 Å². The van der Waals surface area contributed by atoms with E-state index >= 15 is 0 Å². The van der Waals surface area contributed by atoms with Crippen molar-refractivity contribution in [2.45, 2.75) is 9.92 Å². The molecule has 0 spiro atoms. The predicted octanol–water partition coefficient (Wildman–Crippen LogP) is 3.47. The van der Waals surface area contributed by atoms with E-state index in [1.807, 2.05) is 6.07 Å². The predicted molar refractivity (Wildman–Crippen MR) is 112 cm³/mol. The molecule has 31 heavy (non-hydrogen) atoms. The Hall–Kier alpha value is -3.98. The Morgan fingerprint density at radius 1 is 0.935 bits per heavy atom. The molecule has 1 N–H and O–H groups in total. The van der Waals surface area contributed by atoms with Gasteiger partial charge in [-0.05, 0) is 48.5 Å². The molecule has 0 fully saturated rings. The van der Waals surface area contributed by atoms with Crippen molar-refractivity contribution < 1.29 is 23.1 Å². The molecule has 0 aliphatic heterocycles. The topological polar surface area (TPSA) is 111 Å². The molecule has 0 radical (unpaired) electrons. The maximum Gasteiger partial charge on any atom is 0.335 e. The maximum atomic E-state index is 13.4. The van der Waals surface area contributed by atoms with Gasteiger partial charge in [-0.15, -0.1) is 5.10 Å². The van der Waals surface area contributed by atoms with Gasteiger partial charge in [0.1, 0.15) is 11.4 Å². The molecule has 1 aromatic heterocycles. The second-order valence-corrected chi connectivity index (χ2v) is 8.42. The first-order valence-corrected chi connectivity index (χ1v) is 10.6. The zero-order chi connectivity index (χ0) is 22.0. The highest BCUT2D eigenvalue weighted by Crippen LogP contribution is 2.32. The Labute approximate surface area is 178 Å². The third-order valence-electron chi connectivity index (χ3n) is 4.67. The Kier molecular flexibility index (Phi) is 5.26. The van der Waals surface area contributed by atoms with E-state index in [4.69, 9.17) is 9.84 Å². The number of carboxylic acid groups (broad SMARTS) is 1.